The van der Waals surface area contributed by atoms with Crippen LogP contribution in [-0.2, 0) is 9.59 Å². The van der Waals surface area contributed by atoms with Gasteiger partial charge in [0.25, 0.3) is 0 Å². The first-order valence-corrected chi connectivity index (χ1v) is 4.21. The van der Waals surface area contributed by atoms with Crippen LogP contribution in [0, 0.1) is 0 Å². The Morgan fingerprint density at radius 2 is 1.21 bits per heavy atom. The number of carboxylic acid groups (broad SMARTS) is 2. The normalized spacial score (nSPS) is 12.7. The predicted molar refractivity (Wildman–Crippen MR) is 52.0 cm³/mol. The highest BCUT2D eigenvalue weighted by atomic mass is 16.4. The smallest absolute Gasteiger partial charge is 0.307 e. The molecule has 0 amide bonds. The molecule has 0 aliphatic rings. The van der Waals surface area contributed by atoms with Crippen LogP contribution >= 0.6 is 0 Å². The lowest BCUT2D eigenvalue weighted by Crippen LogP contribution is -1.94. The molecule has 0 aromatic rings. The van der Waals surface area contributed by atoms with Crippen molar-refractivity contribution in [3.05, 3.63) is 23.3 Å². The molecule has 4 nitrogen and oxygen atoms in total. The lowest BCUT2D eigenvalue weighted by atomic mass is 10.1. The van der Waals surface area contributed by atoms with Crippen LogP contribution in [0.2, 0.25) is 0 Å². The van der Waals surface area contributed by atoms with Gasteiger partial charge in [-0.25, -0.2) is 0 Å². The zero-order chi connectivity index (χ0) is 11.1. The first kappa shape index (κ1) is 12.4. The highest BCUT2D eigenvalue weighted by Gasteiger charge is 1.98. The molecule has 0 radical (unpaired) electrons. The third-order valence-electron chi connectivity index (χ3n) is 1.79. The summed E-state index contributed by atoms with van der Waals surface area (Å²) in [5, 5.41) is 16.8. The molecule has 0 saturated heterocycles. The Balaban J connectivity index is 4.29. The van der Waals surface area contributed by atoms with Crippen molar-refractivity contribution in [1.29, 1.82) is 0 Å². The van der Waals surface area contributed by atoms with Gasteiger partial charge in [0.15, 0.2) is 0 Å². The molecule has 0 rings (SSSR count). The molecule has 0 aromatic carbocycles. The zero-order valence-corrected chi connectivity index (χ0v) is 8.28. The Bertz CT molecular complexity index is 256. The van der Waals surface area contributed by atoms with Gasteiger partial charge in [0, 0.05) is 0 Å². The van der Waals surface area contributed by atoms with Crippen LogP contribution < -0.4 is 0 Å². The Kier molecular flexibility index (Phi) is 5.29. The molecule has 0 atom stereocenters. The zero-order valence-electron chi connectivity index (χ0n) is 8.28. The average Bonchev–Trinajstić information content (AvgIpc) is 2.09. The Labute approximate surface area is 82.6 Å². The molecule has 2 N–H and O–H groups in total. The molecule has 4 heteroatoms. The molecule has 14 heavy (non-hydrogen) atoms. The van der Waals surface area contributed by atoms with Gasteiger partial charge in [0.2, 0.25) is 0 Å². The van der Waals surface area contributed by atoms with Gasteiger partial charge < -0.3 is 10.2 Å². The van der Waals surface area contributed by atoms with Crippen molar-refractivity contribution in [3.63, 3.8) is 0 Å². The largest absolute Gasteiger partial charge is 0.481 e. The van der Waals surface area contributed by atoms with Gasteiger partial charge in [0.1, 0.15) is 0 Å². The average molecular weight is 198 g/mol. The van der Waals surface area contributed by atoms with E-state index in [-0.39, 0.29) is 12.8 Å². The van der Waals surface area contributed by atoms with E-state index in [0.717, 1.165) is 11.1 Å². The lowest BCUT2D eigenvalue weighted by molar-refractivity contribution is -0.137. The van der Waals surface area contributed by atoms with Crippen LogP contribution in [-0.4, -0.2) is 22.2 Å². The van der Waals surface area contributed by atoms with E-state index in [4.69, 9.17) is 10.2 Å². The standard InChI is InChI=1S/C10H14O4/c1-7(3-5-9(11)12)8(2)4-6-10(13)14/h3-4H,5-6H2,1-2H3,(H,11,12)(H,13,14). The van der Waals surface area contributed by atoms with Crippen LogP contribution in [0.15, 0.2) is 23.3 Å². The number of aliphatic carboxylic acids is 2. The third-order valence-corrected chi connectivity index (χ3v) is 1.79. The number of rotatable bonds is 5. The molecule has 0 fully saturated rings. The molecule has 0 heterocycles. The number of carboxylic acids is 2. The van der Waals surface area contributed by atoms with Crippen molar-refractivity contribution in [2.45, 2.75) is 26.7 Å². The van der Waals surface area contributed by atoms with Gasteiger partial charge in [-0.1, -0.05) is 23.3 Å². The minimum absolute atomic E-state index is 0.0376. The van der Waals surface area contributed by atoms with Crippen molar-refractivity contribution in [3.8, 4) is 0 Å². The van der Waals surface area contributed by atoms with Gasteiger partial charge in [0.05, 0.1) is 12.8 Å². The second kappa shape index (κ2) is 5.96. The summed E-state index contributed by atoms with van der Waals surface area (Å²) in [6, 6.07) is 0. The summed E-state index contributed by atoms with van der Waals surface area (Å²) in [4.78, 5) is 20.5. The summed E-state index contributed by atoms with van der Waals surface area (Å²) in [6.45, 7) is 3.52. The first-order chi connectivity index (χ1) is 6.43. The van der Waals surface area contributed by atoms with Crippen molar-refractivity contribution in [2.24, 2.45) is 0 Å². The van der Waals surface area contributed by atoms with E-state index in [1.54, 1.807) is 26.0 Å². The maximum Gasteiger partial charge on any atom is 0.307 e. The number of hydrogen-bond donors (Lipinski definition) is 2. The monoisotopic (exact) mass is 198 g/mol. The van der Waals surface area contributed by atoms with Gasteiger partial charge in [-0.2, -0.15) is 0 Å². The molecule has 78 valence electrons. The Morgan fingerprint density at radius 3 is 1.43 bits per heavy atom. The van der Waals surface area contributed by atoms with Crippen LogP contribution in [0.1, 0.15) is 26.7 Å². The number of carbonyl (C=O) groups is 2. The molecule has 0 aromatic heterocycles. The van der Waals surface area contributed by atoms with Crippen LogP contribution in [0.4, 0.5) is 0 Å². The fraction of sp³-hybridized carbons (Fsp3) is 0.400. The summed E-state index contributed by atoms with van der Waals surface area (Å²) in [5.74, 6) is -1.79. The Hall–Kier alpha value is -1.58. The molecule has 0 saturated carbocycles. The summed E-state index contributed by atoms with van der Waals surface area (Å²) in [5.41, 5.74) is 1.60. The summed E-state index contributed by atoms with van der Waals surface area (Å²) >= 11 is 0. The molecule has 0 aliphatic carbocycles. The van der Waals surface area contributed by atoms with Crippen molar-refractivity contribution < 1.29 is 19.8 Å². The highest BCUT2D eigenvalue weighted by molar-refractivity contribution is 5.70. The molecule has 0 spiro atoms. The maximum absolute atomic E-state index is 10.2. The second-order valence-electron chi connectivity index (χ2n) is 2.97. The fourth-order valence-corrected chi connectivity index (χ4v) is 0.803. The molecule has 0 aliphatic heterocycles. The quantitative estimate of drug-likeness (QED) is 0.661. The van der Waals surface area contributed by atoms with Gasteiger partial charge in [-0.05, 0) is 13.8 Å². The summed E-state index contributed by atoms with van der Waals surface area (Å²) in [6.07, 6.45) is 3.06. The topological polar surface area (TPSA) is 74.6 Å². The SMILES string of the molecule is CC(=CCC(=O)O)C(C)=CCC(=O)O. The predicted octanol–water partition coefficient (Wildman–Crippen LogP) is 1.83. The van der Waals surface area contributed by atoms with Gasteiger partial charge >= 0.3 is 11.9 Å². The van der Waals surface area contributed by atoms with E-state index in [0.29, 0.717) is 0 Å². The minimum atomic E-state index is -0.893. The van der Waals surface area contributed by atoms with Crippen molar-refractivity contribution in [1.82, 2.24) is 0 Å². The van der Waals surface area contributed by atoms with E-state index in [1.807, 2.05) is 0 Å². The first-order valence-electron chi connectivity index (χ1n) is 4.21. The van der Waals surface area contributed by atoms with Crippen LogP contribution in [0.3, 0.4) is 0 Å². The number of hydrogen-bond acceptors (Lipinski definition) is 2. The molecular weight excluding hydrogens is 184 g/mol. The van der Waals surface area contributed by atoms with E-state index < -0.39 is 11.9 Å². The molecule has 0 bridgehead atoms. The lowest BCUT2D eigenvalue weighted by Gasteiger charge is -1.99. The number of allylic oxidation sites excluding steroid dienone is 2. The molecular formula is C10H14O4. The van der Waals surface area contributed by atoms with Gasteiger partial charge in [-0.15, -0.1) is 0 Å². The maximum atomic E-state index is 10.2. The summed E-state index contributed by atoms with van der Waals surface area (Å²) in [7, 11) is 0. The van der Waals surface area contributed by atoms with Crippen LogP contribution in [0.5, 0.6) is 0 Å². The van der Waals surface area contributed by atoms with E-state index in [1.165, 1.54) is 0 Å². The van der Waals surface area contributed by atoms with Crippen molar-refractivity contribution in [2.75, 3.05) is 0 Å². The molecule has 0 unspecified atom stereocenters. The minimum Gasteiger partial charge on any atom is -0.481 e. The van der Waals surface area contributed by atoms with E-state index >= 15 is 0 Å². The van der Waals surface area contributed by atoms with E-state index in [9.17, 15) is 9.59 Å². The van der Waals surface area contributed by atoms with Crippen molar-refractivity contribution >= 4 is 11.9 Å². The Morgan fingerprint density at radius 1 is 0.929 bits per heavy atom. The van der Waals surface area contributed by atoms with Gasteiger partial charge in [-0.3, -0.25) is 9.59 Å². The highest BCUT2D eigenvalue weighted by Crippen LogP contribution is 2.09. The summed E-state index contributed by atoms with van der Waals surface area (Å²) < 4.78 is 0. The second-order valence-corrected chi connectivity index (χ2v) is 2.97. The van der Waals surface area contributed by atoms with Crippen LogP contribution in [0.25, 0.3) is 0 Å². The fourth-order valence-electron chi connectivity index (χ4n) is 0.803. The van der Waals surface area contributed by atoms with E-state index in [2.05, 4.69) is 0 Å². The third kappa shape index (κ3) is 5.99.